The summed E-state index contributed by atoms with van der Waals surface area (Å²) in [6.07, 6.45) is -1.09. The SMILES string of the molecule is CC(C)(C)OC(O)CSc1nc2cc(C(N)=NO)ccc2c(=O)n1-c1ccc(F)cc1. The van der Waals surface area contributed by atoms with Crippen molar-refractivity contribution in [2.24, 2.45) is 10.9 Å². The van der Waals surface area contributed by atoms with Crippen molar-refractivity contribution in [3.8, 4) is 5.69 Å². The number of nitrogens with two attached hydrogens (primary N) is 1. The van der Waals surface area contributed by atoms with Gasteiger partial charge < -0.3 is 20.8 Å². The summed E-state index contributed by atoms with van der Waals surface area (Å²) in [6, 6.07) is 10.1. The third-order valence-electron chi connectivity index (χ3n) is 4.17. The van der Waals surface area contributed by atoms with Gasteiger partial charge in [-0.2, -0.15) is 0 Å². The Morgan fingerprint density at radius 2 is 1.97 bits per heavy atom. The van der Waals surface area contributed by atoms with Crippen molar-refractivity contribution in [1.29, 1.82) is 0 Å². The molecule has 1 aromatic heterocycles. The van der Waals surface area contributed by atoms with Crippen LogP contribution in [-0.4, -0.2) is 43.3 Å². The van der Waals surface area contributed by atoms with Crippen LogP contribution in [0.15, 0.2) is 57.6 Å². The lowest BCUT2D eigenvalue weighted by Crippen LogP contribution is -2.29. The van der Waals surface area contributed by atoms with E-state index in [2.05, 4.69) is 10.1 Å². The van der Waals surface area contributed by atoms with Crippen LogP contribution in [0.2, 0.25) is 0 Å². The molecule has 2 aromatic carbocycles. The maximum absolute atomic E-state index is 13.4. The highest BCUT2D eigenvalue weighted by molar-refractivity contribution is 7.99. The molecule has 0 amide bonds. The first-order valence-corrected chi connectivity index (χ1v) is 10.4. The molecule has 10 heteroatoms. The van der Waals surface area contributed by atoms with Crippen LogP contribution in [0.5, 0.6) is 0 Å². The number of aliphatic hydroxyl groups excluding tert-OH is 1. The number of hydrogen-bond donors (Lipinski definition) is 3. The van der Waals surface area contributed by atoms with Gasteiger partial charge in [-0.05, 0) is 57.2 Å². The van der Waals surface area contributed by atoms with E-state index >= 15 is 0 Å². The fraction of sp³-hybridized carbons (Fsp3) is 0.286. The number of oxime groups is 1. The first kappa shape index (κ1) is 22.7. The lowest BCUT2D eigenvalue weighted by atomic mass is 10.1. The Morgan fingerprint density at radius 3 is 2.58 bits per heavy atom. The van der Waals surface area contributed by atoms with Gasteiger partial charge in [0.1, 0.15) is 5.82 Å². The standard InChI is InChI=1S/C21H23FN4O4S/c1-21(2,3)30-17(27)11-31-20-24-16-10-12(18(23)25-29)4-9-15(16)19(28)26(20)14-7-5-13(22)6-8-14/h4-10,17,27,29H,11H2,1-3H3,(H2,23,25). The Kier molecular flexibility index (Phi) is 6.63. The van der Waals surface area contributed by atoms with Gasteiger partial charge in [-0.25, -0.2) is 9.37 Å². The molecule has 0 aliphatic rings. The van der Waals surface area contributed by atoms with E-state index < -0.39 is 17.7 Å². The fourth-order valence-electron chi connectivity index (χ4n) is 2.89. The molecule has 3 rings (SSSR count). The number of amidine groups is 1. The van der Waals surface area contributed by atoms with Crippen LogP contribution in [0.1, 0.15) is 26.3 Å². The van der Waals surface area contributed by atoms with Crippen LogP contribution < -0.4 is 11.3 Å². The molecule has 0 aliphatic heterocycles. The maximum atomic E-state index is 13.4. The summed E-state index contributed by atoms with van der Waals surface area (Å²) < 4.78 is 20.3. The highest BCUT2D eigenvalue weighted by Crippen LogP contribution is 2.24. The quantitative estimate of drug-likeness (QED) is 0.101. The van der Waals surface area contributed by atoms with E-state index in [0.29, 0.717) is 22.2 Å². The average Bonchev–Trinajstić information content (AvgIpc) is 2.71. The van der Waals surface area contributed by atoms with E-state index in [-0.39, 0.29) is 22.3 Å². The zero-order valence-electron chi connectivity index (χ0n) is 17.2. The Labute approximate surface area is 182 Å². The molecule has 3 aromatic rings. The van der Waals surface area contributed by atoms with Crippen LogP contribution in [-0.2, 0) is 4.74 Å². The highest BCUT2D eigenvalue weighted by atomic mass is 32.2. The Balaban J connectivity index is 2.11. The molecule has 0 radical (unpaired) electrons. The summed E-state index contributed by atoms with van der Waals surface area (Å²) in [6.45, 7) is 5.45. The maximum Gasteiger partial charge on any atom is 0.266 e. The van der Waals surface area contributed by atoms with E-state index in [1.807, 2.05) is 20.8 Å². The van der Waals surface area contributed by atoms with Crippen LogP contribution in [0.25, 0.3) is 16.6 Å². The molecule has 0 saturated heterocycles. The van der Waals surface area contributed by atoms with Gasteiger partial charge >= 0.3 is 0 Å². The highest BCUT2D eigenvalue weighted by Gasteiger charge is 2.20. The summed E-state index contributed by atoms with van der Waals surface area (Å²) in [5.74, 6) is -0.442. The molecular formula is C21H23FN4O4S. The van der Waals surface area contributed by atoms with E-state index in [9.17, 15) is 14.3 Å². The van der Waals surface area contributed by atoms with Gasteiger partial charge in [-0.3, -0.25) is 9.36 Å². The predicted molar refractivity (Wildman–Crippen MR) is 117 cm³/mol. The Morgan fingerprint density at radius 1 is 1.29 bits per heavy atom. The monoisotopic (exact) mass is 446 g/mol. The molecule has 0 bridgehead atoms. The first-order valence-electron chi connectivity index (χ1n) is 9.38. The van der Waals surface area contributed by atoms with Crippen LogP contribution in [0.3, 0.4) is 0 Å². The van der Waals surface area contributed by atoms with E-state index in [1.165, 1.54) is 41.0 Å². The van der Waals surface area contributed by atoms with Crippen molar-refractivity contribution in [3.05, 3.63) is 64.2 Å². The lowest BCUT2D eigenvalue weighted by Gasteiger charge is -2.24. The number of fused-ring (bicyclic) bond motifs is 1. The topological polar surface area (TPSA) is 123 Å². The van der Waals surface area contributed by atoms with E-state index in [1.54, 1.807) is 6.07 Å². The number of nitrogens with zero attached hydrogens (tertiary/aromatic N) is 3. The minimum absolute atomic E-state index is 0.107. The molecule has 31 heavy (non-hydrogen) atoms. The fourth-order valence-corrected chi connectivity index (χ4v) is 3.73. The normalized spacial score (nSPS) is 13.5. The molecule has 1 heterocycles. The number of aromatic nitrogens is 2. The lowest BCUT2D eigenvalue weighted by molar-refractivity contribution is -0.151. The second-order valence-corrected chi connectivity index (χ2v) is 8.71. The number of rotatable bonds is 6. The van der Waals surface area contributed by atoms with Crippen molar-refractivity contribution in [3.63, 3.8) is 0 Å². The Hall–Kier alpha value is -2.95. The summed E-state index contributed by atoms with van der Waals surface area (Å²) >= 11 is 1.12. The van der Waals surface area contributed by atoms with Crippen molar-refractivity contribution in [1.82, 2.24) is 9.55 Å². The van der Waals surface area contributed by atoms with Crippen LogP contribution in [0, 0.1) is 5.82 Å². The average molecular weight is 447 g/mol. The van der Waals surface area contributed by atoms with Crippen molar-refractivity contribution in [2.75, 3.05) is 5.75 Å². The minimum Gasteiger partial charge on any atom is -0.409 e. The van der Waals surface area contributed by atoms with Crippen molar-refractivity contribution < 1.29 is 19.4 Å². The van der Waals surface area contributed by atoms with Crippen LogP contribution >= 0.6 is 11.8 Å². The first-order chi connectivity index (χ1) is 14.6. The van der Waals surface area contributed by atoms with Crippen LogP contribution in [0.4, 0.5) is 4.39 Å². The largest absolute Gasteiger partial charge is 0.409 e. The number of aliphatic hydroxyl groups is 1. The molecule has 1 unspecified atom stereocenters. The van der Waals surface area contributed by atoms with Gasteiger partial charge in [0.25, 0.3) is 5.56 Å². The molecule has 0 saturated carbocycles. The van der Waals surface area contributed by atoms with Gasteiger partial charge in [-0.15, -0.1) is 0 Å². The summed E-state index contributed by atoms with van der Waals surface area (Å²) in [5.41, 5.74) is 5.88. The van der Waals surface area contributed by atoms with Crippen molar-refractivity contribution in [2.45, 2.75) is 37.8 Å². The summed E-state index contributed by atoms with van der Waals surface area (Å²) in [4.78, 5) is 17.8. The van der Waals surface area contributed by atoms with Gasteiger partial charge in [-0.1, -0.05) is 23.0 Å². The number of halogens is 1. The molecule has 164 valence electrons. The third kappa shape index (κ3) is 5.40. The zero-order chi connectivity index (χ0) is 22.8. The zero-order valence-corrected chi connectivity index (χ0v) is 18.1. The molecule has 0 fully saturated rings. The van der Waals surface area contributed by atoms with Crippen molar-refractivity contribution >= 4 is 28.5 Å². The molecule has 0 aliphatic carbocycles. The number of ether oxygens (including phenoxy) is 1. The molecule has 1 atom stereocenters. The number of benzene rings is 2. The van der Waals surface area contributed by atoms with Gasteiger partial charge in [0.05, 0.1) is 27.9 Å². The molecule has 0 spiro atoms. The summed E-state index contributed by atoms with van der Waals surface area (Å²) in [7, 11) is 0. The van der Waals surface area contributed by atoms with Gasteiger partial charge in [0, 0.05) is 5.56 Å². The molecular weight excluding hydrogens is 423 g/mol. The predicted octanol–water partition coefficient (Wildman–Crippen LogP) is 2.84. The minimum atomic E-state index is -1.09. The van der Waals surface area contributed by atoms with Gasteiger partial charge in [0.15, 0.2) is 17.3 Å². The van der Waals surface area contributed by atoms with E-state index in [4.69, 9.17) is 15.7 Å². The summed E-state index contributed by atoms with van der Waals surface area (Å²) in [5, 5.41) is 22.7. The second kappa shape index (κ2) is 9.04. The second-order valence-electron chi connectivity index (χ2n) is 7.72. The third-order valence-corrected chi connectivity index (χ3v) is 5.16. The number of hydrogen-bond acceptors (Lipinski definition) is 7. The molecule has 8 nitrogen and oxygen atoms in total. The Bertz CT molecular complexity index is 1170. The van der Waals surface area contributed by atoms with E-state index in [0.717, 1.165) is 11.8 Å². The molecule has 4 N–H and O–H groups in total. The van der Waals surface area contributed by atoms with Gasteiger partial charge in [0.2, 0.25) is 0 Å². The smallest absolute Gasteiger partial charge is 0.266 e. The number of thioether (sulfide) groups is 1.